The molecule has 4 nitrogen and oxygen atoms in total. The molecule has 2 rings (SSSR count). The fraction of sp³-hybridized carbons (Fsp3) is 0.429. The molecular weight excluding hydrogens is 260 g/mol. The molecule has 5 heteroatoms. The van der Waals surface area contributed by atoms with Crippen LogP contribution in [0.1, 0.15) is 24.8 Å². The van der Waals surface area contributed by atoms with Gasteiger partial charge in [-0.25, -0.2) is 0 Å². The Morgan fingerprint density at radius 1 is 1.47 bits per heavy atom. The van der Waals surface area contributed by atoms with Crippen LogP contribution in [0.2, 0.25) is 0 Å². The minimum Gasteiger partial charge on any atom is -0.392 e. The van der Waals surface area contributed by atoms with E-state index >= 15 is 0 Å². The molecule has 102 valence electrons. The third-order valence-corrected chi connectivity index (χ3v) is 3.62. The van der Waals surface area contributed by atoms with Crippen LogP contribution in [0.15, 0.2) is 30.3 Å². The molecule has 1 aromatic rings. The summed E-state index contributed by atoms with van der Waals surface area (Å²) in [6.07, 6.45) is 0.859. The molecule has 19 heavy (non-hydrogen) atoms. The predicted molar refractivity (Wildman–Crippen MR) is 77.9 cm³/mol. The maximum Gasteiger partial charge on any atom is 0.234 e. The lowest BCUT2D eigenvalue weighted by molar-refractivity contribution is -0.122. The molecule has 1 aliphatic heterocycles. The van der Waals surface area contributed by atoms with Crippen LogP contribution in [0.4, 0.5) is 0 Å². The van der Waals surface area contributed by atoms with Crippen molar-refractivity contribution < 1.29 is 9.53 Å². The van der Waals surface area contributed by atoms with Gasteiger partial charge >= 0.3 is 0 Å². The van der Waals surface area contributed by atoms with Crippen molar-refractivity contribution in [1.82, 2.24) is 5.32 Å². The van der Waals surface area contributed by atoms with Gasteiger partial charge in [-0.1, -0.05) is 42.5 Å². The monoisotopic (exact) mass is 278 g/mol. The normalized spacial score (nSPS) is 23.8. The second-order valence-corrected chi connectivity index (χ2v) is 5.20. The molecule has 1 heterocycles. The van der Waals surface area contributed by atoms with Gasteiger partial charge < -0.3 is 15.8 Å². The number of rotatable bonds is 4. The number of hydrogen-bond acceptors (Lipinski definition) is 3. The summed E-state index contributed by atoms with van der Waals surface area (Å²) in [7, 11) is 0. The van der Waals surface area contributed by atoms with Gasteiger partial charge in [0.25, 0.3) is 0 Å². The molecule has 0 aromatic heterocycles. The Morgan fingerprint density at radius 3 is 2.68 bits per heavy atom. The summed E-state index contributed by atoms with van der Waals surface area (Å²) in [5.74, 6) is -0.731. The van der Waals surface area contributed by atoms with Gasteiger partial charge in [0.05, 0.1) is 17.1 Å². The van der Waals surface area contributed by atoms with Gasteiger partial charge in [0.2, 0.25) is 5.91 Å². The standard InChI is InChI=1S/C14H18N2O2S/c1-9-11(7-8-18-9)16-14(17)12(13(15)19)10-5-3-2-4-6-10/h2-6,9,11-12H,7-8H2,1H3,(H2,15,19)(H,16,17). The summed E-state index contributed by atoms with van der Waals surface area (Å²) in [5.41, 5.74) is 6.54. The molecule has 0 bridgehead atoms. The molecule has 1 amide bonds. The third kappa shape index (κ3) is 3.30. The number of ether oxygens (including phenoxy) is 1. The molecule has 3 N–H and O–H groups in total. The summed E-state index contributed by atoms with van der Waals surface area (Å²) in [5, 5.41) is 2.98. The van der Waals surface area contributed by atoms with Crippen molar-refractivity contribution in [2.45, 2.75) is 31.4 Å². The molecule has 3 unspecified atom stereocenters. The van der Waals surface area contributed by atoms with E-state index in [-0.39, 0.29) is 23.0 Å². The van der Waals surface area contributed by atoms with E-state index in [0.717, 1.165) is 12.0 Å². The largest absolute Gasteiger partial charge is 0.392 e. The lowest BCUT2D eigenvalue weighted by Gasteiger charge is -2.21. The van der Waals surface area contributed by atoms with Gasteiger partial charge in [-0.2, -0.15) is 0 Å². The van der Waals surface area contributed by atoms with E-state index in [1.807, 2.05) is 37.3 Å². The van der Waals surface area contributed by atoms with Crippen LogP contribution in [0.25, 0.3) is 0 Å². The van der Waals surface area contributed by atoms with E-state index in [9.17, 15) is 4.79 Å². The molecule has 0 spiro atoms. The topological polar surface area (TPSA) is 64.3 Å². The first-order valence-electron chi connectivity index (χ1n) is 6.36. The van der Waals surface area contributed by atoms with Crippen molar-refractivity contribution >= 4 is 23.1 Å². The summed E-state index contributed by atoms with van der Waals surface area (Å²) < 4.78 is 5.43. The highest BCUT2D eigenvalue weighted by Crippen LogP contribution is 2.19. The van der Waals surface area contributed by atoms with E-state index in [0.29, 0.717) is 6.61 Å². The van der Waals surface area contributed by atoms with Crippen LogP contribution in [-0.4, -0.2) is 29.6 Å². The zero-order valence-electron chi connectivity index (χ0n) is 10.8. The number of carbonyl (C=O) groups is 1. The average Bonchev–Trinajstić information content (AvgIpc) is 2.76. The molecular formula is C14H18N2O2S. The fourth-order valence-electron chi connectivity index (χ4n) is 2.28. The Morgan fingerprint density at radius 2 is 2.16 bits per heavy atom. The van der Waals surface area contributed by atoms with E-state index in [1.54, 1.807) is 0 Å². The van der Waals surface area contributed by atoms with Gasteiger partial charge in [-0.05, 0) is 18.9 Å². The number of thiocarbonyl (C=S) groups is 1. The van der Waals surface area contributed by atoms with Gasteiger partial charge in [0.1, 0.15) is 5.92 Å². The lowest BCUT2D eigenvalue weighted by atomic mass is 9.97. The molecule has 0 aliphatic carbocycles. The van der Waals surface area contributed by atoms with Crippen molar-refractivity contribution in [2.75, 3.05) is 6.61 Å². The average molecular weight is 278 g/mol. The van der Waals surface area contributed by atoms with E-state index in [2.05, 4.69) is 5.32 Å². The summed E-state index contributed by atoms with van der Waals surface area (Å²) in [6, 6.07) is 9.39. The Hall–Kier alpha value is -1.46. The highest BCUT2D eigenvalue weighted by molar-refractivity contribution is 7.80. The van der Waals surface area contributed by atoms with Crippen molar-refractivity contribution in [3.8, 4) is 0 Å². The van der Waals surface area contributed by atoms with Crippen molar-refractivity contribution in [2.24, 2.45) is 5.73 Å². The lowest BCUT2D eigenvalue weighted by Crippen LogP contribution is -2.44. The Kier molecular flexibility index (Phi) is 4.50. The Balaban J connectivity index is 2.11. The van der Waals surface area contributed by atoms with Gasteiger partial charge in [0, 0.05) is 6.61 Å². The minimum absolute atomic E-state index is 0.0340. The second-order valence-electron chi connectivity index (χ2n) is 4.73. The van der Waals surface area contributed by atoms with Gasteiger partial charge in [-0.15, -0.1) is 0 Å². The second kappa shape index (κ2) is 6.12. The number of amides is 1. The summed E-state index contributed by atoms with van der Waals surface area (Å²) >= 11 is 5.03. The Labute approximate surface area is 118 Å². The molecule has 0 radical (unpaired) electrons. The minimum atomic E-state index is -0.580. The zero-order chi connectivity index (χ0) is 13.8. The van der Waals surface area contributed by atoms with Crippen LogP contribution < -0.4 is 11.1 Å². The van der Waals surface area contributed by atoms with Gasteiger partial charge in [0.15, 0.2) is 0 Å². The van der Waals surface area contributed by atoms with Crippen LogP contribution in [0, 0.1) is 0 Å². The molecule has 1 saturated heterocycles. The zero-order valence-corrected chi connectivity index (χ0v) is 11.7. The summed E-state index contributed by atoms with van der Waals surface area (Å²) in [6.45, 7) is 2.63. The van der Waals surface area contributed by atoms with Crippen LogP contribution in [-0.2, 0) is 9.53 Å². The van der Waals surface area contributed by atoms with Crippen LogP contribution >= 0.6 is 12.2 Å². The predicted octanol–water partition coefficient (Wildman–Crippen LogP) is 1.35. The van der Waals surface area contributed by atoms with Gasteiger partial charge in [-0.3, -0.25) is 4.79 Å². The highest BCUT2D eigenvalue weighted by atomic mass is 32.1. The van der Waals surface area contributed by atoms with E-state index in [1.165, 1.54) is 0 Å². The van der Waals surface area contributed by atoms with Crippen molar-refractivity contribution in [3.05, 3.63) is 35.9 Å². The number of nitrogens with one attached hydrogen (secondary N) is 1. The van der Waals surface area contributed by atoms with Crippen LogP contribution in [0.3, 0.4) is 0 Å². The number of hydrogen-bond donors (Lipinski definition) is 2. The first-order valence-corrected chi connectivity index (χ1v) is 6.76. The first-order chi connectivity index (χ1) is 9.09. The third-order valence-electron chi connectivity index (χ3n) is 3.38. The number of nitrogens with two attached hydrogens (primary N) is 1. The van der Waals surface area contributed by atoms with E-state index < -0.39 is 5.92 Å². The maximum absolute atomic E-state index is 12.4. The highest BCUT2D eigenvalue weighted by Gasteiger charge is 2.30. The van der Waals surface area contributed by atoms with E-state index in [4.69, 9.17) is 22.7 Å². The molecule has 1 aliphatic rings. The Bertz CT molecular complexity index is 464. The van der Waals surface area contributed by atoms with Crippen LogP contribution in [0.5, 0.6) is 0 Å². The maximum atomic E-state index is 12.4. The number of carbonyl (C=O) groups excluding carboxylic acids is 1. The molecule has 1 aromatic carbocycles. The molecule has 3 atom stereocenters. The molecule has 0 saturated carbocycles. The molecule has 1 fully saturated rings. The van der Waals surface area contributed by atoms with Crippen molar-refractivity contribution in [1.29, 1.82) is 0 Å². The summed E-state index contributed by atoms with van der Waals surface area (Å²) in [4.78, 5) is 12.5. The number of benzene rings is 1. The van der Waals surface area contributed by atoms with Crippen molar-refractivity contribution in [3.63, 3.8) is 0 Å². The first kappa shape index (κ1) is 14.0. The smallest absolute Gasteiger partial charge is 0.234 e. The fourth-order valence-corrected chi connectivity index (χ4v) is 2.52. The quantitative estimate of drug-likeness (QED) is 0.816. The SMILES string of the molecule is CC1OCCC1NC(=O)C(C(N)=S)c1ccccc1.